The second-order valence-electron chi connectivity index (χ2n) is 5.26. The Morgan fingerprint density at radius 2 is 2.24 bits per heavy atom. The molecule has 6 heteroatoms. The molecule has 0 saturated heterocycles. The van der Waals surface area contributed by atoms with Gasteiger partial charge in [0, 0.05) is 24.6 Å². The third-order valence-corrected chi connectivity index (χ3v) is 3.98. The number of fused-ring (bicyclic) bond motifs is 1. The molecule has 21 heavy (non-hydrogen) atoms. The van der Waals surface area contributed by atoms with Crippen molar-refractivity contribution in [2.45, 2.75) is 32.2 Å². The van der Waals surface area contributed by atoms with Crippen molar-refractivity contribution in [1.29, 1.82) is 0 Å². The van der Waals surface area contributed by atoms with Gasteiger partial charge in [0.25, 0.3) is 0 Å². The van der Waals surface area contributed by atoms with Crippen LogP contribution in [-0.4, -0.2) is 26.3 Å². The Bertz CT molecular complexity index is 636. The smallest absolute Gasteiger partial charge is 0.136 e. The lowest BCUT2D eigenvalue weighted by Gasteiger charge is -2.19. The molecule has 1 aliphatic rings. The molecule has 2 heterocycles. The van der Waals surface area contributed by atoms with E-state index in [0.29, 0.717) is 4.99 Å². The van der Waals surface area contributed by atoms with E-state index >= 15 is 0 Å². The summed E-state index contributed by atoms with van der Waals surface area (Å²) in [6.45, 7) is 1.52. The van der Waals surface area contributed by atoms with Crippen LogP contribution in [0.2, 0.25) is 0 Å². The highest BCUT2D eigenvalue weighted by molar-refractivity contribution is 7.80. The fraction of sp³-hybridized carbons (Fsp3) is 0.400. The second-order valence-corrected chi connectivity index (χ2v) is 5.70. The van der Waals surface area contributed by atoms with Gasteiger partial charge in [-0.2, -0.15) is 5.10 Å². The molecule has 0 unspecified atom stereocenters. The molecule has 5 nitrogen and oxygen atoms in total. The zero-order valence-corrected chi connectivity index (χ0v) is 12.7. The summed E-state index contributed by atoms with van der Waals surface area (Å²) >= 11 is 5.16. The molecule has 0 aliphatic heterocycles. The highest BCUT2D eigenvalue weighted by Crippen LogP contribution is 2.24. The first-order valence-electron chi connectivity index (χ1n) is 7.28. The average molecular weight is 301 g/mol. The van der Waals surface area contributed by atoms with Crippen molar-refractivity contribution in [2.75, 3.05) is 11.9 Å². The van der Waals surface area contributed by atoms with Gasteiger partial charge in [-0.05, 0) is 43.4 Å². The number of nitrogens with two attached hydrogens (primary N) is 1. The van der Waals surface area contributed by atoms with Gasteiger partial charge in [-0.25, -0.2) is 4.98 Å². The number of anilines is 1. The molecule has 0 atom stereocenters. The van der Waals surface area contributed by atoms with Gasteiger partial charge in [-0.1, -0.05) is 12.2 Å². The lowest BCUT2D eigenvalue weighted by molar-refractivity contribution is 0.635. The molecule has 2 aromatic heterocycles. The van der Waals surface area contributed by atoms with Crippen LogP contribution >= 0.6 is 12.2 Å². The van der Waals surface area contributed by atoms with Crippen LogP contribution in [0.1, 0.15) is 29.7 Å². The van der Waals surface area contributed by atoms with Gasteiger partial charge in [0.1, 0.15) is 10.8 Å². The second kappa shape index (κ2) is 6.22. The number of hydrogen-bond donors (Lipinski definition) is 2. The number of aryl methyl sites for hydroxylation is 2. The lowest BCUT2D eigenvalue weighted by Crippen LogP contribution is -2.20. The van der Waals surface area contributed by atoms with Crippen LogP contribution in [0.5, 0.6) is 0 Å². The molecule has 0 fully saturated rings. The Labute approximate surface area is 129 Å². The van der Waals surface area contributed by atoms with Crippen LogP contribution in [0.15, 0.2) is 24.5 Å². The fourth-order valence-electron chi connectivity index (χ4n) is 2.68. The van der Waals surface area contributed by atoms with Crippen molar-refractivity contribution in [3.63, 3.8) is 0 Å². The number of pyridine rings is 1. The topological polar surface area (TPSA) is 68.8 Å². The summed E-state index contributed by atoms with van der Waals surface area (Å²) in [6, 6.07) is 4.03. The molecule has 0 saturated carbocycles. The van der Waals surface area contributed by atoms with E-state index in [1.807, 2.05) is 16.9 Å². The van der Waals surface area contributed by atoms with Crippen molar-refractivity contribution in [2.24, 2.45) is 5.73 Å². The van der Waals surface area contributed by atoms with E-state index in [2.05, 4.69) is 16.5 Å². The number of thiocarbonyl (C=S) groups is 1. The largest absolute Gasteiger partial charge is 0.389 e. The molecule has 3 rings (SSSR count). The van der Waals surface area contributed by atoms with Crippen molar-refractivity contribution >= 4 is 23.0 Å². The highest BCUT2D eigenvalue weighted by atomic mass is 32.1. The molecular weight excluding hydrogens is 282 g/mol. The van der Waals surface area contributed by atoms with E-state index in [9.17, 15) is 0 Å². The zero-order chi connectivity index (χ0) is 14.7. The Balaban J connectivity index is 1.77. The van der Waals surface area contributed by atoms with Gasteiger partial charge in [0.15, 0.2) is 0 Å². The molecule has 0 bridgehead atoms. The summed E-state index contributed by atoms with van der Waals surface area (Å²) in [7, 11) is 0. The van der Waals surface area contributed by atoms with E-state index in [1.54, 1.807) is 6.20 Å². The van der Waals surface area contributed by atoms with Crippen molar-refractivity contribution in [3.05, 3.63) is 41.3 Å². The number of hydrogen-bond acceptors (Lipinski definition) is 4. The molecule has 1 aliphatic carbocycles. The van der Waals surface area contributed by atoms with Gasteiger partial charge in [0.05, 0.1) is 12.1 Å². The Kier molecular flexibility index (Phi) is 4.15. The van der Waals surface area contributed by atoms with E-state index in [0.717, 1.165) is 37.3 Å². The van der Waals surface area contributed by atoms with Crippen molar-refractivity contribution in [3.8, 4) is 0 Å². The summed E-state index contributed by atoms with van der Waals surface area (Å²) in [5, 5.41) is 7.52. The first-order chi connectivity index (χ1) is 10.2. The Morgan fingerprint density at radius 3 is 3.00 bits per heavy atom. The quantitative estimate of drug-likeness (QED) is 0.826. The third-order valence-electron chi connectivity index (χ3n) is 3.76. The maximum absolute atomic E-state index is 5.85. The van der Waals surface area contributed by atoms with E-state index < -0.39 is 0 Å². The molecule has 2 aromatic rings. The van der Waals surface area contributed by atoms with Crippen LogP contribution in [0, 0.1) is 0 Å². The number of rotatable bonds is 5. The Morgan fingerprint density at radius 1 is 1.38 bits per heavy atom. The maximum Gasteiger partial charge on any atom is 0.136 e. The number of nitrogens with zero attached hydrogens (tertiary/aromatic N) is 3. The first kappa shape index (κ1) is 14.0. The standard InChI is InChI=1S/C15H19N5S/c16-14(21)12-10-11-4-1-2-5-13(11)19-15(12)17-7-9-20-8-3-6-18-20/h3,6,8,10H,1-2,4-5,7,9H2,(H2,16,21)(H,17,19). The minimum Gasteiger partial charge on any atom is -0.389 e. The van der Waals surface area contributed by atoms with E-state index in [-0.39, 0.29) is 0 Å². The van der Waals surface area contributed by atoms with Crippen LogP contribution in [0.4, 0.5) is 5.82 Å². The predicted octanol–water partition coefficient (Wildman–Crippen LogP) is 1.90. The first-order valence-corrected chi connectivity index (χ1v) is 7.69. The minimum atomic E-state index is 0.400. The molecular formula is C15H19N5S. The highest BCUT2D eigenvalue weighted by Gasteiger charge is 2.16. The fourth-order valence-corrected chi connectivity index (χ4v) is 2.83. The summed E-state index contributed by atoms with van der Waals surface area (Å²) in [5.41, 5.74) is 9.18. The summed E-state index contributed by atoms with van der Waals surface area (Å²) in [5.74, 6) is 0.801. The normalized spacial score (nSPS) is 13.7. The average Bonchev–Trinajstić information content (AvgIpc) is 2.99. The minimum absolute atomic E-state index is 0.400. The Hall–Kier alpha value is -1.95. The summed E-state index contributed by atoms with van der Waals surface area (Å²) < 4.78 is 1.88. The van der Waals surface area contributed by atoms with E-state index in [4.69, 9.17) is 22.9 Å². The van der Waals surface area contributed by atoms with Gasteiger partial charge in [0.2, 0.25) is 0 Å². The number of aromatic nitrogens is 3. The molecule has 0 spiro atoms. The molecule has 0 aromatic carbocycles. The maximum atomic E-state index is 5.85. The summed E-state index contributed by atoms with van der Waals surface area (Å²) in [4.78, 5) is 5.15. The van der Waals surface area contributed by atoms with Crippen LogP contribution in [-0.2, 0) is 19.4 Å². The van der Waals surface area contributed by atoms with Crippen LogP contribution < -0.4 is 11.1 Å². The van der Waals surface area contributed by atoms with Gasteiger partial charge in [-0.3, -0.25) is 4.68 Å². The van der Waals surface area contributed by atoms with Gasteiger partial charge < -0.3 is 11.1 Å². The van der Waals surface area contributed by atoms with E-state index in [1.165, 1.54) is 24.1 Å². The number of nitrogens with one attached hydrogen (secondary N) is 1. The van der Waals surface area contributed by atoms with Crippen molar-refractivity contribution < 1.29 is 0 Å². The van der Waals surface area contributed by atoms with Gasteiger partial charge >= 0.3 is 0 Å². The van der Waals surface area contributed by atoms with Gasteiger partial charge in [-0.15, -0.1) is 0 Å². The lowest BCUT2D eigenvalue weighted by atomic mass is 9.94. The molecule has 3 N–H and O–H groups in total. The molecule has 110 valence electrons. The predicted molar refractivity (Wildman–Crippen MR) is 87.5 cm³/mol. The summed E-state index contributed by atoms with van der Waals surface area (Å²) in [6.07, 6.45) is 8.26. The van der Waals surface area contributed by atoms with Crippen LogP contribution in [0.3, 0.4) is 0 Å². The molecule has 0 amide bonds. The zero-order valence-electron chi connectivity index (χ0n) is 11.9. The monoisotopic (exact) mass is 301 g/mol. The van der Waals surface area contributed by atoms with Crippen molar-refractivity contribution in [1.82, 2.24) is 14.8 Å². The molecule has 0 radical (unpaired) electrons. The van der Waals surface area contributed by atoms with Crippen LogP contribution in [0.25, 0.3) is 0 Å². The SMILES string of the molecule is NC(=S)c1cc2c(nc1NCCn1cccn1)CCCC2. The third kappa shape index (κ3) is 3.21.